The van der Waals surface area contributed by atoms with Crippen LogP contribution in [0.15, 0.2) is 115 Å². The molecule has 0 bridgehead atoms. The highest BCUT2D eigenvalue weighted by Crippen LogP contribution is 2.37. The van der Waals surface area contributed by atoms with Gasteiger partial charge >= 0.3 is 0 Å². The number of para-hydroxylation sites is 1. The number of nitrogens with zero attached hydrogens (tertiary/aromatic N) is 4. The van der Waals surface area contributed by atoms with Gasteiger partial charge in [0, 0.05) is 34.0 Å². The molecule has 0 fully saturated rings. The molecule has 7 aromatic rings. The van der Waals surface area contributed by atoms with Crippen LogP contribution < -0.4 is 4.74 Å². The number of rotatable bonds is 6. The predicted molar refractivity (Wildman–Crippen MR) is 153 cm³/mol. The van der Waals surface area contributed by atoms with Crippen molar-refractivity contribution in [3.8, 4) is 17.0 Å². The van der Waals surface area contributed by atoms with Gasteiger partial charge in [-0.3, -0.25) is 4.79 Å². The highest BCUT2D eigenvalue weighted by Gasteiger charge is 2.24. The van der Waals surface area contributed by atoms with E-state index in [1.54, 1.807) is 35.9 Å². The topological polar surface area (TPSA) is 61.4 Å². The number of ketones is 1. The third-order valence-electron chi connectivity index (χ3n) is 7.23. The van der Waals surface area contributed by atoms with E-state index in [2.05, 4.69) is 57.3 Å². The van der Waals surface area contributed by atoms with Gasteiger partial charge in [-0.2, -0.15) is 0 Å². The van der Waals surface area contributed by atoms with Crippen molar-refractivity contribution in [2.75, 3.05) is 7.11 Å². The minimum absolute atomic E-state index is 0.131. The SMILES string of the molecule is COc1ccc(C(=O)c2cc3c4ccccc4n(Cc4ccccc4)c3c3c(-c4ccccc4)nnn23)cc1. The van der Waals surface area contributed by atoms with E-state index in [0.29, 0.717) is 23.6 Å². The van der Waals surface area contributed by atoms with Crippen LogP contribution in [0, 0.1) is 0 Å². The summed E-state index contributed by atoms with van der Waals surface area (Å²) < 4.78 is 9.31. The summed E-state index contributed by atoms with van der Waals surface area (Å²) in [4.78, 5) is 13.9. The summed E-state index contributed by atoms with van der Waals surface area (Å²) in [6.45, 7) is 0.672. The minimum atomic E-state index is -0.131. The molecule has 0 aliphatic carbocycles. The lowest BCUT2D eigenvalue weighted by Crippen LogP contribution is -2.10. The molecular weight excluding hydrogens is 484 g/mol. The molecular formula is C33H24N4O2. The van der Waals surface area contributed by atoms with Gasteiger partial charge < -0.3 is 9.30 Å². The van der Waals surface area contributed by atoms with Gasteiger partial charge in [-0.25, -0.2) is 4.52 Å². The number of carbonyl (C=O) groups excluding carboxylic acids is 1. The molecule has 188 valence electrons. The van der Waals surface area contributed by atoms with Crippen LogP contribution >= 0.6 is 0 Å². The standard InChI is InChI=1S/C33H24N4O2/c1-39-25-18-16-24(17-19-25)33(38)29-20-27-26-14-8-9-15-28(26)36(21-22-10-4-2-5-11-22)31(27)32-30(34-35-37(29)32)23-12-6-3-7-13-23/h2-20H,21H2,1H3. The molecule has 3 heterocycles. The molecule has 3 aromatic heterocycles. The van der Waals surface area contributed by atoms with Crippen LogP contribution in [0.5, 0.6) is 5.75 Å². The molecule has 0 unspecified atom stereocenters. The lowest BCUT2D eigenvalue weighted by Gasteiger charge is -2.11. The first-order chi connectivity index (χ1) is 19.2. The van der Waals surface area contributed by atoms with Gasteiger partial charge in [0.15, 0.2) is 0 Å². The zero-order chi connectivity index (χ0) is 26.3. The van der Waals surface area contributed by atoms with Crippen LogP contribution in [0.4, 0.5) is 0 Å². The van der Waals surface area contributed by atoms with Crippen molar-refractivity contribution in [1.82, 2.24) is 19.4 Å². The van der Waals surface area contributed by atoms with Crippen LogP contribution in [-0.4, -0.2) is 32.3 Å². The van der Waals surface area contributed by atoms with Gasteiger partial charge in [-0.05, 0) is 42.0 Å². The molecule has 7 rings (SSSR count). The van der Waals surface area contributed by atoms with Crippen molar-refractivity contribution in [2.45, 2.75) is 6.54 Å². The van der Waals surface area contributed by atoms with Gasteiger partial charge in [-0.1, -0.05) is 84.1 Å². The Bertz CT molecular complexity index is 1970. The Hall–Kier alpha value is -5.23. The first-order valence-corrected chi connectivity index (χ1v) is 12.8. The van der Waals surface area contributed by atoms with E-state index >= 15 is 0 Å². The first kappa shape index (κ1) is 22.9. The maximum atomic E-state index is 13.9. The summed E-state index contributed by atoms with van der Waals surface area (Å²) in [7, 11) is 1.61. The molecule has 6 nitrogen and oxygen atoms in total. The zero-order valence-electron chi connectivity index (χ0n) is 21.3. The second-order valence-electron chi connectivity index (χ2n) is 9.50. The van der Waals surface area contributed by atoms with E-state index in [9.17, 15) is 4.79 Å². The fourth-order valence-electron chi connectivity index (χ4n) is 5.37. The maximum absolute atomic E-state index is 13.9. The number of benzene rings is 4. The molecule has 6 heteroatoms. The molecule has 4 aromatic carbocycles. The Morgan fingerprint density at radius 3 is 2.21 bits per heavy atom. The van der Waals surface area contributed by atoms with Crippen molar-refractivity contribution >= 4 is 33.1 Å². The Morgan fingerprint density at radius 1 is 0.769 bits per heavy atom. The third-order valence-corrected chi connectivity index (χ3v) is 7.23. The highest BCUT2D eigenvalue weighted by molar-refractivity contribution is 6.18. The predicted octanol–water partition coefficient (Wildman–Crippen LogP) is 6.79. The molecule has 0 aliphatic heterocycles. The quantitative estimate of drug-likeness (QED) is 0.232. The van der Waals surface area contributed by atoms with Gasteiger partial charge in [0.25, 0.3) is 0 Å². The molecule has 0 saturated heterocycles. The van der Waals surface area contributed by atoms with Crippen LogP contribution in [0.2, 0.25) is 0 Å². The summed E-state index contributed by atoms with van der Waals surface area (Å²) in [5.74, 6) is 0.567. The number of aromatic nitrogens is 4. The van der Waals surface area contributed by atoms with Gasteiger partial charge in [0.2, 0.25) is 5.78 Å². The third kappa shape index (κ3) is 3.77. The Kier molecular flexibility index (Phi) is 5.44. The van der Waals surface area contributed by atoms with E-state index in [-0.39, 0.29) is 5.78 Å². The number of methoxy groups -OCH3 is 1. The number of fused-ring (bicyclic) bond motifs is 5. The number of hydrogen-bond donors (Lipinski definition) is 0. The van der Waals surface area contributed by atoms with Gasteiger partial charge in [0.05, 0.1) is 12.6 Å². The van der Waals surface area contributed by atoms with Crippen molar-refractivity contribution in [1.29, 1.82) is 0 Å². The number of ether oxygens (including phenoxy) is 1. The van der Waals surface area contributed by atoms with Crippen molar-refractivity contribution in [3.63, 3.8) is 0 Å². The molecule has 0 N–H and O–H groups in total. The van der Waals surface area contributed by atoms with E-state index in [1.165, 1.54) is 5.56 Å². The average molecular weight is 509 g/mol. The molecule has 0 saturated carbocycles. The molecule has 39 heavy (non-hydrogen) atoms. The molecule has 0 radical (unpaired) electrons. The van der Waals surface area contributed by atoms with Gasteiger partial charge in [0.1, 0.15) is 22.7 Å². The Balaban J connectivity index is 1.58. The van der Waals surface area contributed by atoms with Crippen molar-refractivity contribution < 1.29 is 9.53 Å². The summed E-state index contributed by atoms with van der Waals surface area (Å²) in [5, 5.41) is 11.2. The average Bonchev–Trinajstić information content (AvgIpc) is 3.57. The smallest absolute Gasteiger partial charge is 0.211 e. The summed E-state index contributed by atoms with van der Waals surface area (Å²) in [6, 6.07) is 37.9. The molecule has 0 atom stereocenters. The van der Waals surface area contributed by atoms with E-state index in [1.807, 2.05) is 48.5 Å². The van der Waals surface area contributed by atoms with E-state index in [4.69, 9.17) is 4.74 Å². The summed E-state index contributed by atoms with van der Waals surface area (Å²) in [5.41, 5.74) is 6.78. The van der Waals surface area contributed by atoms with Crippen LogP contribution in [0.3, 0.4) is 0 Å². The van der Waals surface area contributed by atoms with Crippen LogP contribution in [0.25, 0.3) is 38.6 Å². The monoisotopic (exact) mass is 508 g/mol. The van der Waals surface area contributed by atoms with Crippen molar-refractivity contribution in [3.05, 3.63) is 132 Å². The largest absolute Gasteiger partial charge is 0.497 e. The minimum Gasteiger partial charge on any atom is -0.497 e. The Morgan fingerprint density at radius 2 is 1.46 bits per heavy atom. The van der Waals surface area contributed by atoms with E-state index < -0.39 is 0 Å². The van der Waals surface area contributed by atoms with Crippen LogP contribution in [0.1, 0.15) is 21.6 Å². The summed E-state index contributed by atoms with van der Waals surface area (Å²) >= 11 is 0. The fourth-order valence-corrected chi connectivity index (χ4v) is 5.37. The van der Waals surface area contributed by atoms with E-state index in [0.717, 1.165) is 38.6 Å². The molecule has 0 spiro atoms. The van der Waals surface area contributed by atoms with Gasteiger partial charge in [-0.15, -0.1) is 5.10 Å². The second kappa shape index (κ2) is 9.26. The highest BCUT2D eigenvalue weighted by atomic mass is 16.5. The number of pyridine rings is 1. The lowest BCUT2D eigenvalue weighted by atomic mass is 10.0. The second-order valence-corrected chi connectivity index (χ2v) is 9.50. The maximum Gasteiger partial charge on any atom is 0.211 e. The zero-order valence-corrected chi connectivity index (χ0v) is 21.3. The number of carbonyl (C=O) groups is 1. The Labute approximate surface area is 224 Å². The number of hydrogen-bond acceptors (Lipinski definition) is 4. The normalized spacial score (nSPS) is 11.4. The van der Waals surface area contributed by atoms with Crippen LogP contribution in [-0.2, 0) is 6.54 Å². The lowest BCUT2D eigenvalue weighted by molar-refractivity contribution is 0.103. The van der Waals surface area contributed by atoms with Crippen molar-refractivity contribution in [2.24, 2.45) is 0 Å². The molecule has 0 aliphatic rings. The fraction of sp³-hybridized carbons (Fsp3) is 0.0606. The summed E-state index contributed by atoms with van der Waals surface area (Å²) in [6.07, 6.45) is 0. The first-order valence-electron chi connectivity index (χ1n) is 12.8. The molecule has 0 amide bonds.